The molecule has 4 rings (SSSR count). The van der Waals surface area contributed by atoms with Crippen LogP contribution in [0, 0.1) is 0 Å². The van der Waals surface area contributed by atoms with Crippen molar-refractivity contribution in [3.8, 4) is 0 Å². The van der Waals surface area contributed by atoms with Gasteiger partial charge < -0.3 is 10.2 Å². The van der Waals surface area contributed by atoms with Crippen LogP contribution in [0.15, 0.2) is 39.6 Å². The van der Waals surface area contributed by atoms with Crippen LogP contribution >= 0.6 is 0 Å². The zero-order valence-electron chi connectivity index (χ0n) is 17.9. The Balaban J connectivity index is 1.60. The summed E-state index contributed by atoms with van der Waals surface area (Å²) in [5.74, 6) is 0. The van der Waals surface area contributed by atoms with Crippen LogP contribution in [0.25, 0.3) is 0 Å². The van der Waals surface area contributed by atoms with Crippen LogP contribution in [0.4, 0.5) is 10.5 Å². The molecule has 0 saturated carbocycles. The molecule has 2 aliphatic carbocycles. The molecule has 0 bridgehead atoms. The Hall–Kier alpha value is -2.22. The first-order valence-electron chi connectivity index (χ1n) is 10.5. The molecule has 0 saturated heterocycles. The highest BCUT2D eigenvalue weighted by Gasteiger charge is 2.25. The summed E-state index contributed by atoms with van der Waals surface area (Å²) >= 11 is 0. The van der Waals surface area contributed by atoms with Crippen LogP contribution in [0.5, 0.6) is 0 Å². The summed E-state index contributed by atoms with van der Waals surface area (Å²) in [7, 11) is 0.682. The zero-order chi connectivity index (χ0) is 21.5. The summed E-state index contributed by atoms with van der Waals surface area (Å²) in [6.07, 6.45) is 6.22. The van der Waals surface area contributed by atoms with Gasteiger partial charge in [-0.05, 0) is 99.5 Å². The van der Waals surface area contributed by atoms with Crippen molar-refractivity contribution in [2.45, 2.75) is 56.4 Å². The lowest BCUT2D eigenvalue weighted by Crippen LogP contribution is -2.19. The topological polar surface area (TPSA) is 87.8 Å². The van der Waals surface area contributed by atoms with Gasteiger partial charge in [-0.25, -0.2) is 14.1 Å². The number of carbonyl (C=O) groups excluding carboxylic acids is 1. The first kappa shape index (κ1) is 21.0. The smallest absolute Gasteiger partial charge is 0.305 e. The molecular weight excluding hydrogens is 396 g/mol. The van der Waals surface area contributed by atoms with E-state index in [0.29, 0.717) is 4.90 Å². The van der Waals surface area contributed by atoms with E-state index in [1.54, 1.807) is 12.1 Å². The summed E-state index contributed by atoms with van der Waals surface area (Å²) < 4.78 is 16.9. The van der Waals surface area contributed by atoms with Gasteiger partial charge in [-0.3, -0.25) is 0 Å². The lowest BCUT2D eigenvalue weighted by Gasteiger charge is -2.20. The fourth-order valence-corrected chi connectivity index (χ4v) is 5.44. The summed E-state index contributed by atoms with van der Waals surface area (Å²) in [6, 6.07) is 9.06. The number of nitrogens with zero attached hydrogens (tertiary/aromatic N) is 2. The third-order valence-corrected chi connectivity index (χ3v) is 7.78. The second-order valence-corrected chi connectivity index (χ2v) is 10.3. The van der Waals surface area contributed by atoms with Gasteiger partial charge in [0, 0.05) is 11.7 Å². The highest BCUT2D eigenvalue weighted by atomic mass is 32.2. The standard InChI is InChI=1S/C23H30N4O2S/c1-15(27(2)3)16-10-12-19(13-11-16)30(24,29)26-23(28)25-22-20-8-4-6-17(20)14-18-7-5-9-21(18)22/h10-15H,4-9H2,1-3H3,(H3,24,25,26,28,29)/t15-,30?/m1/s1. The molecule has 3 N–H and O–H groups in total. The maximum atomic E-state index is 13.0. The van der Waals surface area contributed by atoms with Crippen molar-refractivity contribution in [3.05, 3.63) is 58.1 Å². The molecule has 2 aliphatic rings. The normalized spacial score (nSPS) is 17.9. The lowest BCUT2D eigenvalue weighted by atomic mass is 9.99. The minimum atomic E-state index is -3.32. The Bertz CT molecular complexity index is 1070. The van der Waals surface area contributed by atoms with E-state index in [1.165, 1.54) is 22.3 Å². The molecule has 2 atom stereocenters. The van der Waals surface area contributed by atoms with Gasteiger partial charge >= 0.3 is 6.03 Å². The Morgan fingerprint density at radius 3 is 2.17 bits per heavy atom. The van der Waals surface area contributed by atoms with Gasteiger partial charge in [0.25, 0.3) is 0 Å². The number of rotatable bonds is 4. The molecule has 6 nitrogen and oxygen atoms in total. The average Bonchev–Trinajstić information content (AvgIpc) is 3.36. The Labute approximate surface area is 179 Å². The maximum Gasteiger partial charge on any atom is 0.354 e. The van der Waals surface area contributed by atoms with Gasteiger partial charge in [0.1, 0.15) is 9.92 Å². The Morgan fingerprint density at radius 1 is 1.07 bits per heavy atom. The number of nitrogens with two attached hydrogens (primary N) is 1. The van der Waals surface area contributed by atoms with Crippen molar-refractivity contribution >= 4 is 21.6 Å². The van der Waals surface area contributed by atoms with Crippen molar-refractivity contribution in [3.63, 3.8) is 0 Å². The highest BCUT2D eigenvalue weighted by molar-refractivity contribution is 7.91. The molecule has 2 amide bonds. The van der Waals surface area contributed by atoms with Crippen molar-refractivity contribution in [2.75, 3.05) is 19.4 Å². The SMILES string of the molecule is C[C@H](c1ccc(S(N)(=O)=NC(=O)Nc2c3c(cc4c2CCC4)CCC3)cc1)N(C)C. The molecule has 1 unspecified atom stereocenters. The number of hydrogen-bond acceptors (Lipinski definition) is 3. The zero-order valence-corrected chi connectivity index (χ0v) is 18.7. The highest BCUT2D eigenvalue weighted by Crippen LogP contribution is 2.38. The summed E-state index contributed by atoms with van der Waals surface area (Å²) in [5, 5.41) is 8.94. The number of urea groups is 1. The van der Waals surface area contributed by atoms with Gasteiger partial charge in [-0.1, -0.05) is 18.2 Å². The molecule has 0 aliphatic heterocycles. The van der Waals surface area contributed by atoms with Crippen molar-refractivity contribution < 1.29 is 9.00 Å². The molecule has 0 radical (unpaired) electrons. The van der Waals surface area contributed by atoms with Crippen LogP contribution in [0.3, 0.4) is 0 Å². The Morgan fingerprint density at radius 2 is 1.63 bits per heavy atom. The van der Waals surface area contributed by atoms with Crippen LogP contribution in [0.2, 0.25) is 0 Å². The minimum Gasteiger partial charge on any atom is -0.305 e. The number of nitrogens with one attached hydrogen (secondary N) is 1. The average molecular weight is 427 g/mol. The molecule has 0 spiro atoms. The molecule has 0 fully saturated rings. The first-order valence-corrected chi connectivity index (χ1v) is 12.1. The first-order chi connectivity index (χ1) is 14.3. The number of anilines is 1. The van der Waals surface area contributed by atoms with E-state index in [2.05, 4.69) is 27.6 Å². The van der Waals surface area contributed by atoms with Crippen molar-refractivity contribution in [2.24, 2.45) is 9.50 Å². The van der Waals surface area contributed by atoms with Gasteiger partial charge in [0.05, 0.1) is 4.90 Å². The second-order valence-electron chi connectivity index (χ2n) is 8.53. The van der Waals surface area contributed by atoms with E-state index in [0.717, 1.165) is 49.8 Å². The molecule has 30 heavy (non-hydrogen) atoms. The third-order valence-electron chi connectivity index (χ3n) is 6.40. The summed E-state index contributed by atoms with van der Waals surface area (Å²) in [5.41, 5.74) is 7.04. The van der Waals surface area contributed by atoms with Crippen LogP contribution in [-0.4, -0.2) is 29.2 Å². The van der Waals surface area contributed by atoms with Crippen molar-refractivity contribution in [1.29, 1.82) is 0 Å². The van der Waals surface area contributed by atoms with E-state index in [1.807, 2.05) is 26.2 Å². The van der Waals surface area contributed by atoms with E-state index >= 15 is 0 Å². The molecule has 160 valence electrons. The molecular formula is C23H30N4O2S. The number of aryl methyl sites for hydroxylation is 2. The predicted octanol–water partition coefficient (Wildman–Crippen LogP) is 4.22. The number of hydrogen-bond donors (Lipinski definition) is 2. The molecule has 0 heterocycles. The van der Waals surface area contributed by atoms with Crippen LogP contribution < -0.4 is 10.5 Å². The number of fused-ring (bicyclic) bond motifs is 2. The monoisotopic (exact) mass is 426 g/mol. The quantitative estimate of drug-likeness (QED) is 0.767. The molecule has 7 heteroatoms. The van der Waals surface area contributed by atoms with E-state index in [9.17, 15) is 9.00 Å². The van der Waals surface area contributed by atoms with Crippen LogP contribution in [-0.2, 0) is 35.6 Å². The third kappa shape index (κ3) is 4.02. The lowest BCUT2D eigenvalue weighted by molar-refractivity contribution is 0.260. The number of amides is 2. The molecule has 0 aromatic heterocycles. The largest absolute Gasteiger partial charge is 0.354 e. The number of benzene rings is 2. The van der Waals surface area contributed by atoms with E-state index in [4.69, 9.17) is 5.14 Å². The fraction of sp³-hybridized carbons (Fsp3) is 0.435. The van der Waals surface area contributed by atoms with E-state index in [-0.39, 0.29) is 6.04 Å². The van der Waals surface area contributed by atoms with Gasteiger partial charge in [0.2, 0.25) is 0 Å². The van der Waals surface area contributed by atoms with Gasteiger partial charge in [-0.2, -0.15) is 0 Å². The van der Waals surface area contributed by atoms with Crippen molar-refractivity contribution in [1.82, 2.24) is 4.90 Å². The summed E-state index contributed by atoms with van der Waals surface area (Å²) in [4.78, 5) is 15.2. The van der Waals surface area contributed by atoms with Gasteiger partial charge in [0.15, 0.2) is 0 Å². The minimum absolute atomic E-state index is 0.218. The van der Waals surface area contributed by atoms with Gasteiger partial charge in [-0.15, -0.1) is 4.36 Å². The van der Waals surface area contributed by atoms with E-state index < -0.39 is 15.9 Å². The summed E-state index contributed by atoms with van der Waals surface area (Å²) in [6.45, 7) is 2.09. The Kier molecular flexibility index (Phi) is 5.70. The van der Waals surface area contributed by atoms with Crippen LogP contribution in [0.1, 0.15) is 53.6 Å². The second kappa shape index (κ2) is 8.13. The molecule has 2 aromatic carbocycles. The maximum absolute atomic E-state index is 13.0. The number of carbonyl (C=O) groups is 1. The molecule has 2 aromatic rings. The predicted molar refractivity (Wildman–Crippen MR) is 121 cm³/mol. The fourth-order valence-electron chi connectivity index (χ4n) is 4.51.